The molecule has 25 heavy (non-hydrogen) atoms. The van der Waals surface area contributed by atoms with E-state index in [1.54, 1.807) is 12.1 Å². The van der Waals surface area contributed by atoms with Crippen LogP contribution in [0, 0.1) is 5.92 Å². The lowest BCUT2D eigenvalue weighted by Crippen LogP contribution is -2.42. The highest BCUT2D eigenvalue weighted by Gasteiger charge is 2.23. The molecule has 1 amide bonds. The number of carbonyl (C=O) groups excluding carboxylic acids is 2. The van der Waals surface area contributed by atoms with Crippen LogP contribution < -0.4 is 5.32 Å². The van der Waals surface area contributed by atoms with Gasteiger partial charge in [0.15, 0.2) is 6.61 Å². The van der Waals surface area contributed by atoms with E-state index in [4.69, 9.17) is 16.3 Å². The number of hydrogen-bond acceptors (Lipinski definition) is 4. The Bertz CT molecular complexity index is 793. The van der Waals surface area contributed by atoms with Gasteiger partial charge < -0.3 is 10.1 Å². The lowest BCUT2D eigenvalue weighted by Gasteiger charge is -2.29. The molecule has 1 aliphatic carbocycles. The third-order valence-corrected chi connectivity index (χ3v) is 4.89. The van der Waals surface area contributed by atoms with Crippen molar-refractivity contribution in [2.75, 3.05) is 6.61 Å². The molecule has 132 valence electrons. The van der Waals surface area contributed by atoms with E-state index in [0.29, 0.717) is 22.4 Å². The van der Waals surface area contributed by atoms with Crippen molar-refractivity contribution >= 4 is 34.4 Å². The van der Waals surface area contributed by atoms with Crippen LogP contribution in [0.5, 0.6) is 0 Å². The topological polar surface area (TPSA) is 68.3 Å². The number of pyridine rings is 1. The molecule has 5 nitrogen and oxygen atoms in total. The molecule has 1 fully saturated rings. The van der Waals surface area contributed by atoms with Crippen molar-refractivity contribution in [3.63, 3.8) is 0 Å². The maximum Gasteiger partial charge on any atom is 0.339 e. The Kier molecular flexibility index (Phi) is 5.53. The molecule has 2 aromatic rings. The molecule has 1 aliphatic rings. The van der Waals surface area contributed by atoms with Gasteiger partial charge in [-0.2, -0.15) is 0 Å². The number of carbonyl (C=O) groups is 2. The Labute approximate surface area is 151 Å². The molecule has 0 unspecified atom stereocenters. The molecule has 0 aliphatic heterocycles. The average molecular weight is 361 g/mol. The molecule has 6 heteroatoms. The van der Waals surface area contributed by atoms with E-state index in [9.17, 15) is 9.59 Å². The van der Waals surface area contributed by atoms with Crippen molar-refractivity contribution in [2.45, 2.75) is 38.6 Å². The summed E-state index contributed by atoms with van der Waals surface area (Å²) in [5.74, 6) is -0.389. The molecule has 0 saturated heterocycles. The summed E-state index contributed by atoms with van der Waals surface area (Å²) in [6.07, 6.45) is 4.42. The van der Waals surface area contributed by atoms with Gasteiger partial charge in [0.1, 0.15) is 5.15 Å². The minimum atomic E-state index is -0.577. The summed E-state index contributed by atoms with van der Waals surface area (Å²) in [6.45, 7) is 1.84. The number of nitrogens with zero attached hydrogens (tertiary/aromatic N) is 1. The van der Waals surface area contributed by atoms with Gasteiger partial charge in [0.25, 0.3) is 5.91 Å². The third-order valence-electron chi connectivity index (χ3n) is 4.70. The van der Waals surface area contributed by atoms with Crippen LogP contribution in [0.3, 0.4) is 0 Å². The molecule has 1 aromatic carbocycles. The number of amides is 1. The minimum Gasteiger partial charge on any atom is -0.452 e. The van der Waals surface area contributed by atoms with Crippen LogP contribution >= 0.6 is 11.6 Å². The van der Waals surface area contributed by atoms with Crippen molar-refractivity contribution in [3.05, 3.63) is 41.0 Å². The van der Waals surface area contributed by atoms with Crippen LogP contribution in [0.1, 0.15) is 43.0 Å². The van der Waals surface area contributed by atoms with Crippen molar-refractivity contribution in [2.24, 2.45) is 5.92 Å². The van der Waals surface area contributed by atoms with Crippen molar-refractivity contribution in [1.82, 2.24) is 10.3 Å². The molecule has 1 N–H and O–H groups in total. The van der Waals surface area contributed by atoms with Crippen molar-refractivity contribution < 1.29 is 14.3 Å². The zero-order chi connectivity index (χ0) is 17.8. The van der Waals surface area contributed by atoms with Crippen LogP contribution in [0.15, 0.2) is 30.3 Å². The maximum atomic E-state index is 12.4. The lowest BCUT2D eigenvalue weighted by atomic mass is 9.86. The summed E-state index contributed by atoms with van der Waals surface area (Å²) in [6, 6.07) is 8.81. The average Bonchev–Trinajstić information content (AvgIpc) is 2.61. The van der Waals surface area contributed by atoms with E-state index in [1.807, 2.05) is 12.1 Å². The van der Waals surface area contributed by atoms with Gasteiger partial charge >= 0.3 is 5.97 Å². The van der Waals surface area contributed by atoms with E-state index in [-0.39, 0.29) is 23.7 Å². The van der Waals surface area contributed by atoms with Gasteiger partial charge in [-0.25, -0.2) is 9.78 Å². The minimum absolute atomic E-state index is 0.163. The van der Waals surface area contributed by atoms with Gasteiger partial charge in [0.2, 0.25) is 0 Å². The van der Waals surface area contributed by atoms with Crippen LogP contribution in [0.25, 0.3) is 10.9 Å². The molecular formula is C19H21ClN2O3. The third kappa shape index (κ3) is 4.28. The number of esters is 1. The van der Waals surface area contributed by atoms with Crippen LogP contribution in [0.2, 0.25) is 5.15 Å². The molecule has 1 heterocycles. The van der Waals surface area contributed by atoms with E-state index < -0.39 is 5.97 Å². The number of rotatable bonds is 4. The highest BCUT2D eigenvalue weighted by molar-refractivity contribution is 6.30. The molecule has 2 atom stereocenters. The van der Waals surface area contributed by atoms with Crippen molar-refractivity contribution in [1.29, 1.82) is 0 Å². The van der Waals surface area contributed by atoms with Gasteiger partial charge in [-0.1, -0.05) is 49.6 Å². The quantitative estimate of drug-likeness (QED) is 0.666. The second-order valence-corrected chi connectivity index (χ2v) is 6.91. The van der Waals surface area contributed by atoms with Gasteiger partial charge in [0, 0.05) is 11.4 Å². The zero-order valence-electron chi connectivity index (χ0n) is 14.1. The van der Waals surface area contributed by atoms with Crippen molar-refractivity contribution in [3.8, 4) is 0 Å². The summed E-state index contributed by atoms with van der Waals surface area (Å²) >= 11 is 5.98. The number of para-hydroxylation sites is 1. The summed E-state index contributed by atoms with van der Waals surface area (Å²) in [4.78, 5) is 28.7. The zero-order valence-corrected chi connectivity index (χ0v) is 14.9. The molecule has 3 rings (SSSR count). The molecular weight excluding hydrogens is 340 g/mol. The fourth-order valence-corrected chi connectivity index (χ4v) is 3.50. The first-order valence-corrected chi connectivity index (χ1v) is 8.94. The maximum absolute atomic E-state index is 12.4. The molecule has 0 bridgehead atoms. The number of ether oxygens (including phenoxy) is 1. The number of aromatic nitrogens is 1. The largest absolute Gasteiger partial charge is 0.452 e. The second kappa shape index (κ2) is 7.83. The highest BCUT2D eigenvalue weighted by atomic mass is 35.5. The predicted octanol–water partition coefficient (Wildman–Crippen LogP) is 3.74. The smallest absolute Gasteiger partial charge is 0.339 e. The highest BCUT2D eigenvalue weighted by Crippen LogP contribution is 2.24. The van der Waals surface area contributed by atoms with E-state index in [1.165, 1.54) is 12.5 Å². The fraction of sp³-hybridized carbons (Fsp3) is 0.421. The summed E-state index contributed by atoms with van der Waals surface area (Å²) in [5, 5.41) is 3.83. The van der Waals surface area contributed by atoms with Crippen LogP contribution in [0.4, 0.5) is 0 Å². The van der Waals surface area contributed by atoms with Crippen LogP contribution in [-0.2, 0) is 9.53 Å². The number of fused-ring (bicyclic) bond motifs is 1. The number of halogens is 1. The van der Waals surface area contributed by atoms with Crippen LogP contribution in [-0.4, -0.2) is 29.5 Å². The van der Waals surface area contributed by atoms with Gasteiger partial charge in [-0.15, -0.1) is 0 Å². The molecule has 0 spiro atoms. The monoisotopic (exact) mass is 360 g/mol. The van der Waals surface area contributed by atoms with Gasteiger partial charge in [0.05, 0.1) is 11.1 Å². The first kappa shape index (κ1) is 17.7. The Balaban J connectivity index is 1.64. The first-order valence-electron chi connectivity index (χ1n) is 8.56. The van der Waals surface area contributed by atoms with E-state index in [2.05, 4.69) is 17.2 Å². The first-order chi connectivity index (χ1) is 12.0. The summed E-state index contributed by atoms with van der Waals surface area (Å²) in [7, 11) is 0. The molecule has 0 radical (unpaired) electrons. The van der Waals surface area contributed by atoms with Gasteiger partial charge in [-0.3, -0.25) is 4.79 Å². The molecule has 1 aromatic heterocycles. The predicted molar refractivity (Wildman–Crippen MR) is 96.6 cm³/mol. The number of hydrogen-bond donors (Lipinski definition) is 1. The Morgan fingerprint density at radius 3 is 2.84 bits per heavy atom. The lowest BCUT2D eigenvalue weighted by molar-refractivity contribution is -0.125. The second-order valence-electron chi connectivity index (χ2n) is 6.52. The fourth-order valence-electron chi connectivity index (χ4n) is 3.30. The molecule has 1 saturated carbocycles. The SMILES string of the molecule is C[C@H]1CCCC[C@H]1NC(=O)COC(=O)c1cc(Cl)nc2ccccc12. The Hall–Kier alpha value is -2.14. The number of benzene rings is 1. The Morgan fingerprint density at radius 1 is 1.28 bits per heavy atom. The Morgan fingerprint density at radius 2 is 2.04 bits per heavy atom. The van der Waals surface area contributed by atoms with Gasteiger partial charge in [-0.05, 0) is 30.9 Å². The normalized spacial score (nSPS) is 20.2. The number of nitrogens with one attached hydrogen (secondary N) is 1. The van der Waals surface area contributed by atoms with E-state index in [0.717, 1.165) is 19.3 Å². The standard InChI is InChI=1S/C19H21ClN2O3/c1-12-6-2-4-8-15(12)22-18(23)11-25-19(24)14-10-17(20)21-16-9-5-3-7-13(14)16/h3,5,7,9-10,12,15H,2,4,6,8,11H2,1H3,(H,22,23)/t12-,15+/m0/s1. The summed E-state index contributed by atoms with van der Waals surface area (Å²) < 4.78 is 5.19. The summed E-state index contributed by atoms with van der Waals surface area (Å²) in [5.41, 5.74) is 0.928. The van der Waals surface area contributed by atoms with E-state index >= 15 is 0 Å².